The quantitative estimate of drug-likeness (QED) is 0.862. The largest absolute Gasteiger partial charge is 0.354 e. The van der Waals surface area contributed by atoms with Crippen molar-refractivity contribution in [3.8, 4) is 0 Å². The van der Waals surface area contributed by atoms with Crippen molar-refractivity contribution in [3.05, 3.63) is 5.82 Å². The van der Waals surface area contributed by atoms with E-state index in [1.165, 1.54) is 0 Å². The number of nitrogens with zero attached hydrogens (tertiary/aromatic N) is 4. The highest BCUT2D eigenvalue weighted by Crippen LogP contribution is 2.36. The van der Waals surface area contributed by atoms with Gasteiger partial charge in [0.15, 0.2) is 5.82 Å². The Morgan fingerprint density at radius 3 is 2.25 bits per heavy atom. The fraction of sp³-hybridized carbons (Fsp3) is 0.625. The molecule has 16 heavy (non-hydrogen) atoms. The number of rotatable bonds is 3. The molecule has 0 saturated heterocycles. The van der Waals surface area contributed by atoms with Gasteiger partial charge in [0.25, 0.3) is 0 Å². The Morgan fingerprint density at radius 2 is 1.81 bits per heavy atom. The molecule has 0 radical (unpaired) electrons. The van der Waals surface area contributed by atoms with Gasteiger partial charge in [-0.15, -0.1) is 0 Å². The van der Waals surface area contributed by atoms with Crippen molar-refractivity contribution < 1.29 is 0 Å². The van der Waals surface area contributed by atoms with Crippen LogP contribution in [0.2, 0.25) is 0 Å². The van der Waals surface area contributed by atoms with Crippen LogP contribution in [0.5, 0.6) is 0 Å². The van der Waals surface area contributed by atoms with E-state index < -0.39 is 3.79 Å². The van der Waals surface area contributed by atoms with Gasteiger partial charge in [-0.05, 0) is 6.92 Å². The summed E-state index contributed by atoms with van der Waals surface area (Å²) >= 11 is 17.2. The maximum atomic E-state index is 5.74. The van der Waals surface area contributed by atoms with Gasteiger partial charge in [-0.3, -0.25) is 0 Å². The number of alkyl halides is 3. The van der Waals surface area contributed by atoms with E-state index in [1.54, 1.807) is 19.0 Å². The average molecular weight is 285 g/mol. The third kappa shape index (κ3) is 3.50. The minimum Gasteiger partial charge on any atom is -0.354 e. The lowest BCUT2D eigenvalue weighted by molar-refractivity contribution is 0.879. The zero-order chi connectivity index (χ0) is 12.3. The van der Waals surface area contributed by atoms with E-state index in [1.807, 2.05) is 6.92 Å². The molecule has 0 amide bonds. The third-order valence-corrected chi connectivity index (χ3v) is 2.12. The van der Waals surface area contributed by atoms with E-state index in [0.29, 0.717) is 18.4 Å². The molecule has 0 atom stereocenters. The Hall–Kier alpha value is -0.520. The first-order valence-electron chi connectivity index (χ1n) is 4.59. The fourth-order valence-corrected chi connectivity index (χ4v) is 1.18. The average Bonchev–Trinajstić information content (AvgIpc) is 2.16. The van der Waals surface area contributed by atoms with Crippen molar-refractivity contribution in [2.24, 2.45) is 0 Å². The molecule has 1 N–H and O–H groups in total. The highest BCUT2D eigenvalue weighted by atomic mass is 35.6. The summed E-state index contributed by atoms with van der Waals surface area (Å²) in [4.78, 5) is 13.9. The molecule has 0 saturated carbocycles. The van der Waals surface area contributed by atoms with Crippen molar-refractivity contribution in [2.75, 3.05) is 30.9 Å². The topological polar surface area (TPSA) is 53.9 Å². The maximum absolute atomic E-state index is 5.74. The number of hydrogen-bond donors (Lipinski definition) is 1. The van der Waals surface area contributed by atoms with Gasteiger partial charge in [-0.2, -0.15) is 15.0 Å². The third-order valence-electron chi connectivity index (χ3n) is 1.61. The normalized spacial score (nSPS) is 11.4. The Kier molecular flexibility index (Phi) is 4.41. The second kappa shape index (κ2) is 5.21. The molecule has 1 aromatic rings. The molecule has 0 aromatic carbocycles. The Labute approximate surface area is 109 Å². The minimum atomic E-state index is -1.65. The monoisotopic (exact) mass is 283 g/mol. The molecule has 1 rings (SSSR count). The first kappa shape index (κ1) is 13.5. The van der Waals surface area contributed by atoms with Crippen LogP contribution in [0.4, 0.5) is 11.9 Å². The SMILES string of the molecule is CCNc1nc(N(C)C)nc(C(Cl)(Cl)Cl)n1. The van der Waals surface area contributed by atoms with E-state index in [0.717, 1.165) is 0 Å². The summed E-state index contributed by atoms with van der Waals surface area (Å²) in [6.45, 7) is 2.60. The van der Waals surface area contributed by atoms with Gasteiger partial charge in [0.2, 0.25) is 15.7 Å². The molecular formula is C8H12Cl3N5. The summed E-state index contributed by atoms with van der Waals surface area (Å²) in [7, 11) is 3.60. The van der Waals surface area contributed by atoms with Crippen LogP contribution in [0, 0.1) is 0 Å². The minimum absolute atomic E-state index is 0.104. The molecular weight excluding hydrogens is 272 g/mol. The van der Waals surface area contributed by atoms with Crippen molar-refractivity contribution in [1.29, 1.82) is 0 Å². The first-order valence-corrected chi connectivity index (χ1v) is 5.72. The zero-order valence-corrected chi connectivity index (χ0v) is 11.4. The number of hydrogen-bond acceptors (Lipinski definition) is 5. The van der Waals surface area contributed by atoms with Crippen LogP contribution in [0.15, 0.2) is 0 Å². The molecule has 8 heteroatoms. The Bertz CT molecular complexity index is 363. The van der Waals surface area contributed by atoms with Crippen LogP contribution < -0.4 is 10.2 Å². The number of aromatic nitrogens is 3. The summed E-state index contributed by atoms with van der Waals surface area (Å²) < 4.78 is -1.65. The van der Waals surface area contributed by atoms with Crippen LogP contribution in [-0.2, 0) is 3.79 Å². The number of anilines is 2. The Balaban J connectivity index is 3.19. The van der Waals surface area contributed by atoms with Crippen LogP contribution in [0.25, 0.3) is 0 Å². The van der Waals surface area contributed by atoms with E-state index in [9.17, 15) is 0 Å². The van der Waals surface area contributed by atoms with Crippen LogP contribution in [0.3, 0.4) is 0 Å². The van der Waals surface area contributed by atoms with E-state index >= 15 is 0 Å². The molecule has 1 heterocycles. The predicted molar refractivity (Wildman–Crippen MR) is 67.6 cm³/mol. The molecule has 0 bridgehead atoms. The van der Waals surface area contributed by atoms with Crippen molar-refractivity contribution in [3.63, 3.8) is 0 Å². The molecule has 0 unspecified atom stereocenters. The smallest absolute Gasteiger partial charge is 0.250 e. The van der Waals surface area contributed by atoms with Gasteiger partial charge in [0.1, 0.15) is 0 Å². The molecule has 0 aliphatic heterocycles. The molecule has 0 spiro atoms. The molecule has 1 aromatic heterocycles. The summed E-state index contributed by atoms with van der Waals surface area (Å²) in [5.74, 6) is 0.932. The van der Waals surface area contributed by atoms with Gasteiger partial charge in [0.05, 0.1) is 0 Å². The standard InChI is InChI=1S/C8H12Cl3N5/c1-4-12-6-13-5(8(9,10)11)14-7(15-6)16(2)3/h4H2,1-3H3,(H,12,13,14,15). The van der Waals surface area contributed by atoms with Crippen LogP contribution >= 0.6 is 34.8 Å². The zero-order valence-electron chi connectivity index (χ0n) is 9.13. The summed E-state index contributed by atoms with van der Waals surface area (Å²) in [5, 5.41) is 2.95. The molecule has 0 aliphatic carbocycles. The highest BCUT2D eigenvalue weighted by Gasteiger charge is 2.28. The van der Waals surface area contributed by atoms with Gasteiger partial charge in [0, 0.05) is 20.6 Å². The first-order chi connectivity index (χ1) is 7.34. The van der Waals surface area contributed by atoms with Crippen molar-refractivity contribution in [2.45, 2.75) is 10.7 Å². The van der Waals surface area contributed by atoms with Gasteiger partial charge in [-0.25, -0.2) is 0 Å². The molecule has 5 nitrogen and oxygen atoms in total. The molecule has 0 fully saturated rings. The fourth-order valence-electron chi connectivity index (χ4n) is 0.929. The summed E-state index contributed by atoms with van der Waals surface area (Å²) in [5.41, 5.74) is 0. The van der Waals surface area contributed by atoms with E-state index in [2.05, 4.69) is 20.3 Å². The van der Waals surface area contributed by atoms with E-state index in [-0.39, 0.29) is 5.82 Å². The summed E-state index contributed by atoms with van der Waals surface area (Å²) in [6.07, 6.45) is 0. The lowest BCUT2D eigenvalue weighted by Gasteiger charge is -2.15. The molecule has 90 valence electrons. The second-order valence-electron chi connectivity index (χ2n) is 3.21. The van der Waals surface area contributed by atoms with Crippen molar-refractivity contribution >= 4 is 46.7 Å². The highest BCUT2D eigenvalue weighted by molar-refractivity contribution is 6.66. The van der Waals surface area contributed by atoms with Crippen LogP contribution in [-0.4, -0.2) is 35.6 Å². The van der Waals surface area contributed by atoms with Gasteiger partial charge >= 0.3 is 0 Å². The van der Waals surface area contributed by atoms with Gasteiger partial charge in [-0.1, -0.05) is 34.8 Å². The van der Waals surface area contributed by atoms with E-state index in [4.69, 9.17) is 34.8 Å². The van der Waals surface area contributed by atoms with Crippen LogP contribution in [0.1, 0.15) is 12.7 Å². The number of nitrogens with one attached hydrogen (secondary N) is 1. The predicted octanol–water partition coefficient (Wildman–Crippen LogP) is 2.20. The van der Waals surface area contributed by atoms with Gasteiger partial charge < -0.3 is 10.2 Å². The number of halogens is 3. The lowest BCUT2D eigenvalue weighted by atomic mass is 10.6. The Morgan fingerprint density at radius 1 is 1.19 bits per heavy atom. The summed E-state index contributed by atoms with van der Waals surface area (Å²) in [6, 6.07) is 0. The maximum Gasteiger partial charge on any atom is 0.250 e. The van der Waals surface area contributed by atoms with Crippen molar-refractivity contribution in [1.82, 2.24) is 15.0 Å². The molecule has 0 aliphatic rings. The lowest BCUT2D eigenvalue weighted by Crippen LogP contribution is -2.19. The second-order valence-corrected chi connectivity index (χ2v) is 5.49.